The zero-order valence-corrected chi connectivity index (χ0v) is 17.6. The highest BCUT2D eigenvalue weighted by molar-refractivity contribution is 6.32. The molecule has 1 aliphatic carbocycles. The Morgan fingerprint density at radius 3 is 2.58 bits per heavy atom. The topological polar surface area (TPSA) is 67.2 Å². The lowest BCUT2D eigenvalue weighted by Crippen LogP contribution is -2.44. The molecule has 0 spiro atoms. The summed E-state index contributed by atoms with van der Waals surface area (Å²) < 4.78 is 40.7. The molecule has 10 heteroatoms. The van der Waals surface area contributed by atoms with E-state index in [4.69, 9.17) is 11.6 Å². The second kappa shape index (κ2) is 8.18. The lowest BCUT2D eigenvalue weighted by atomic mass is 9.96. The molecule has 0 radical (unpaired) electrons. The molecule has 2 aliphatic rings. The van der Waals surface area contributed by atoms with Crippen LogP contribution in [-0.4, -0.2) is 39.6 Å². The number of nitrogens with one attached hydrogen (secondary N) is 1. The summed E-state index contributed by atoms with van der Waals surface area (Å²) in [6.07, 6.45) is -1.36. The minimum absolute atomic E-state index is 0.0223. The predicted molar refractivity (Wildman–Crippen MR) is 109 cm³/mol. The normalized spacial score (nSPS) is 19.4. The summed E-state index contributed by atoms with van der Waals surface area (Å²) in [4.78, 5) is 27.0. The van der Waals surface area contributed by atoms with Gasteiger partial charge in [0, 0.05) is 25.1 Å². The van der Waals surface area contributed by atoms with Crippen LogP contribution in [0.25, 0.3) is 5.69 Å². The summed E-state index contributed by atoms with van der Waals surface area (Å²) in [5, 5.41) is 7.07. The van der Waals surface area contributed by atoms with E-state index in [1.165, 1.54) is 4.68 Å². The zero-order valence-electron chi connectivity index (χ0n) is 16.9. The Labute approximate surface area is 182 Å². The molecule has 2 fully saturated rings. The number of hydrogen-bond acceptors (Lipinski definition) is 3. The first-order valence-electron chi connectivity index (χ1n) is 10.2. The van der Waals surface area contributed by atoms with E-state index in [9.17, 15) is 22.8 Å². The molecule has 1 unspecified atom stereocenters. The summed E-state index contributed by atoms with van der Waals surface area (Å²) in [5.74, 6) is -0.257. The SMILES string of the molecule is Cc1cc(NC(=O)C2CCCN(C(=O)C3CC3)C2)n(-c2cc(C(F)(F)F)ccc2Cl)n1. The first-order valence-corrected chi connectivity index (χ1v) is 10.5. The molecular weight excluding hydrogens is 433 g/mol. The molecular formula is C21H22ClF3N4O2. The molecule has 0 bridgehead atoms. The standard InChI is InChI=1S/C21H22ClF3N4O2/c1-12-9-18(29(27-12)17-10-15(21(23,24)25)6-7-16(17)22)26-19(30)14-3-2-8-28(11-14)20(31)13-4-5-13/h6-7,9-10,13-14H,2-5,8,11H2,1H3,(H,26,30). The van der Waals surface area contributed by atoms with Crippen molar-refractivity contribution in [3.8, 4) is 5.69 Å². The lowest BCUT2D eigenvalue weighted by molar-refractivity contribution is -0.138. The number of benzene rings is 1. The smallest absolute Gasteiger partial charge is 0.342 e. The van der Waals surface area contributed by atoms with Crippen molar-refractivity contribution in [2.45, 2.75) is 38.8 Å². The summed E-state index contributed by atoms with van der Waals surface area (Å²) in [6.45, 7) is 2.67. The molecule has 2 amide bonds. The van der Waals surface area contributed by atoms with Crippen LogP contribution in [0.5, 0.6) is 0 Å². The Bertz CT molecular complexity index is 1020. The van der Waals surface area contributed by atoms with Crippen LogP contribution in [-0.2, 0) is 15.8 Å². The number of carbonyl (C=O) groups excluding carboxylic acids is 2. The number of nitrogens with zero attached hydrogens (tertiary/aromatic N) is 3. The maximum absolute atomic E-state index is 13.2. The van der Waals surface area contributed by atoms with Crippen LogP contribution in [0.2, 0.25) is 5.02 Å². The minimum Gasteiger partial charge on any atom is -0.342 e. The van der Waals surface area contributed by atoms with Gasteiger partial charge in [-0.15, -0.1) is 0 Å². The third-order valence-electron chi connectivity index (χ3n) is 5.61. The molecule has 1 aliphatic heterocycles. The van der Waals surface area contributed by atoms with Gasteiger partial charge in [0.15, 0.2) is 0 Å². The van der Waals surface area contributed by atoms with Gasteiger partial charge in [-0.3, -0.25) is 9.59 Å². The van der Waals surface area contributed by atoms with Crippen molar-refractivity contribution in [3.05, 3.63) is 40.5 Å². The highest BCUT2D eigenvalue weighted by Crippen LogP contribution is 2.35. The van der Waals surface area contributed by atoms with E-state index in [0.29, 0.717) is 25.2 Å². The average molecular weight is 455 g/mol. The Balaban J connectivity index is 1.55. The molecule has 1 aromatic carbocycles. The van der Waals surface area contributed by atoms with Crippen LogP contribution in [0.4, 0.5) is 19.0 Å². The third kappa shape index (κ3) is 4.71. The van der Waals surface area contributed by atoms with Crippen LogP contribution in [0.1, 0.15) is 36.9 Å². The monoisotopic (exact) mass is 454 g/mol. The van der Waals surface area contributed by atoms with Crippen molar-refractivity contribution in [1.29, 1.82) is 0 Å². The number of carbonyl (C=O) groups is 2. The first-order chi connectivity index (χ1) is 14.6. The maximum atomic E-state index is 13.2. The second-order valence-electron chi connectivity index (χ2n) is 8.13. The maximum Gasteiger partial charge on any atom is 0.416 e. The summed E-state index contributed by atoms with van der Waals surface area (Å²) in [6, 6.07) is 4.53. The van der Waals surface area contributed by atoms with E-state index in [1.54, 1.807) is 17.9 Å². The van der Waals surface area contributed by atoms with E-state index in [-0.39, 0.29) is 34.3 Å². The van der Waals surface area contributed by atoms with Gasteiger partial charge in [-0.25, -0.2) is 4.68 Å². The molecule has 31 heavy (non-hydrogen) atoms. The number of aromatic nitrogens is 2. The van der Waals surface area contributed by atoms with Crippen molar-refractivity contribution in [1.82, 2.24) is 14.7 Å². The van der Waals surface area contributed by atoms with Gasteiger partial charge < -0.3 is 10.2 Å². The molecule has 166 valence electrons. The summed E-state index contributed by atoms with van der Waals surface area (Å²) >= 11 is 6.15. The van der Waals surface area contributed by atoms with Gasteiger partial charge in [0.25, 0.3) is 0 Å². The van der Waals surface area contributed by atoms with Gasteiger partial charge >= 0.3 is 6.18 Å². The van der Waals surface area contributed by atoms with Crippen LogP contribution in [0.3, 0.4) is 0 Å². The largest absolute Gasteiger partial charge is 0.416 e. The number of halogens is 4. The number of likely N-dealkylation sites (tertiary alicyclic amines) is 1. The van der Waals surface area contributed by atoms with Crippen molar-refractivity contribution < 1.29 is 22.8 Å². The van der Waals surface area contributed by atoms with E-state index in [2.05, 4.69) is 10.4 Å². The second-order valence-corrected chi connectivity index (χ2v) is 8.54. The molecule has 6 nitrogen and oxygen atoms in total. The zero-order chi connectivity index (χ0) is 22.3. The number of rotatable bonds is 4. The predicted octanol–water partition coefficient (Wildman–Crippen LogP) is 4.44. The Hall–Kier alpha value is -2.55. The summed E-state index contributed by atoms with van der Waals surface area (Å²) in [5.41, 5.74) is -0.328. The number of aryl methyl sites for hydroxylation is 1. The third-order valence-corrected chi connectivity index (χ3v) is 5.93. The molecule has 1 saturated carbocycles. The van der Waals surface area contributed by atoms with Gasteiger partial charge in [0.1, 0.15) is 5.82 Å². The number of hydrogen-bond donors (Lipinski definition) is 1. The number of piperidine rings is 1. The quantitative estimate of drug-likeness (QED) is 0.742. The van der Waals surface area contributed by atoms with Gasteiger partial charge in [0.05, 0.1) is 27.9 Å². The van der Waals surface area contributed by atoms with Crippen LogP contribution in [0.15, 0.2) is 24.3 Å². The highest BCUT2D eigenvalue weighted by Gasteiger charge is 2.37. The molecule has 1 N–H and O–H groups in total. The van der Waals surface area contributed by atoms with Crippen LogP contribution >= 0.6 is 11.6 Å². The fourth-order valence-corrected chi connectivity index (χ4v) is 4.03. The molecule has 2 heterocycles. The van der Waals surface area contributed by atoms with Crippen molar-refractivity contribution >= 4 is 29.2 Å². The molecule has 4 rings (SSSR count). The fraction of sp³-hybridized carbons (Fsp3) is 0.476. The Morgan fingerprint density at radius 2 is 1.90 bits per heavy atom. The molecule has 1 saturated heterocycles. The van der Waals surface area contributed by atoms with E-state index >= 15 is 0 Å². The molecule has 1 aromatic heterocycles. The number of alkyl halides is 3. The highest BCUT2D eigenvalue weighted by atomic mass is 35.5. The minimum atomic E-state index is -4.54. The summed E-state index contributed by atoms with van der Waals surface area (Å²) in [7, 11) is 0. The van der Waals surface area contributed by atoms with Crippen LogP contribution in [0, 0.1) is 18.8 Å². The van der Waals surface area contributed by atoms with Crippen LogP contribution < -0.4 is 5.32 Å². The van der Waals surface area contributed by atoms with E-state index in [1.807, 2.05) is 0 Å². The van der Waals surface area contributed by atoms with E-state index in [0.717, 1.165) is 37.5 Å². The lowest BCUT2D eigenvalue weighted by Gasteiger charge is -2.32. The Kier molecular flexibility index (Phi) is 5.72. The molecule has 2 aromatic rings. The van der Waals surface area contributed by atoms with Crippen molar-refractivity contribution in [2.24, 2.45) is 11.8 Å². The van der Waals surface area contributed by atoms with Gasteiger partial charge in [-0.05, 0) is 50.8 Å². The molecule has 1 atom stereocenters. The number of anilines is 1. The van der Waals surface area contributed by atoms with Gasteiger partial charge in [-0.2, -0.15) is 18.3 Å². The first kappa shape index (κ1) is 21.7. The Morgan fingerprint density at radius 1 is 1.16 bits per heavy atom. The van der Waals surface area contributed by atoms with Gasteiger partial charge in [0.2, 0.25) is 11.8 Å². The van der Waals surface area contributed by atoms with E-state index < -0.39 is 17.7 Å². The van der Waals surface area contributed by atoms with Crippen molar-refractivity contribution in [3.63, 3.8) is 0 Å². The van der Waals surface area contributed by atoms with Crippen molar-refractivity contribution in [2.75, 3.05) is 18.4 Å². The fourth-order valence-electron chi connectivity index (χ4n) is 3.83. The van der Waals surface area contributed by atoms with Gasteiger partial charge in [-0.1, -0.05) is 11.6 Å². The number of amides is 2. The average Bonchev–Trinajstić information content (AvgIpc) is 3.50.